The molecular weight excluding hydrogens is 312 g/mol. The Labute approximate surface area is 142 Å². The summed E-state index contributed by atoms with van der Waals surface area (Å²) < 4.78 is 0. The van der Waals surface area contributed by atoms with Crippen molar-refractivity contribution in [3.63, 3.8) is 0 Å². The van der Waals surface area contributed by atoms with Crippen molar-refractivity contribution in [2.24, 2.45) is 17.8 Å². The van der Waals surface area contributed by atoms with Crippen LogP contribution in [0, 0.1) is 17.8 Å². The lowest BCUT2D eigenvalue weighted by Crippen LogP contribution is -2.41. The number of aliphatic carboxylic acids is 1. The predicted octanol–water partition coefficient (Wildman–Crippen LogP) is 1.19. The van der Waals surface area contributed by atoms with E-state index < -0.39 is 24.0 Å². The van der Waals surface area contributed by atoms with Crippen molar-refractivity contribution < 1.29 is 30.3 Å². The van der Waals surface area contributed by atoms with E-state index >= 15 is 0 Å². The molecule has 136 valence electrons. The summed E-state index contributed by atoms with van der Waals surface area (Å²) >= 11 is 0. The number of fused-ring (bicyclic) bond motifs is 1. The zero-order valence-electron chi connectivity index (χ0n) is 14.0. The average molecular weight is 340 g/mol. The van der Waals surface area contributed by atoms with Gasteiger partial charge in [0.1, 0.15) is 0 Å². The fraction of sp³-hybridized carbons (Fsp3) is 0.722. The van der Waals surface area contributed by atoms with E-state index in [0.717, 1.165) is 5.57 Å². The summed E-state index contributed by atoms with van der Waals surface area (Å²) in [7, 11) is 0. The minimum Gasteiger partial charge on any atom is -0.481 e. The third-order valence-corrected chi connectivity index (χ3v) is 5.24. The second-order valence-corrected chi connectivity index (χ2v) is 7.21. The summed E-state index contributed by atoms with van der Waals surface area (Å²) in [5.74, 6) is -2.70. The van der Waals surface area contributed by atoms with Crippen molar-refractivity contribution in [2.75, 3.05) is 0 Å². The molecule has 6 nitrogen and oxygen atoms in total. The molecule has 0 amide bonds. The lowest BCUT2D eigenvalue weighted by Gasteiger charge is -2.41. The maximum absolute atomic E-state index is 10.5. The molecule has 0 radical (unpaired) electrons. The van der Waals surface area contributed by atoms with Gasteiger partial charge in [-0.3, -0.25) is 4.79 Å². The van der Waals surface area contributed by atoms with Crippen LogP contribution in [-0.4, -0.2) is 49.5 Å². The van der Waals surface area contributed by atoms with Crippen LogP contribution in [0.15, 0.2) is 23.8 Å². The quantitative estimate of drug-likeness (QED) is 0.444. The zero-order valence-corrected chi connectivity index (χ0v) is 14.0. The average Bonchev–Trinajstić information content (AvgIpc) is 2.45. The lowest BCUT2D eigenvalue weighted by atomic mass is 9.66. The van der Waals surface area contributed by atoms with Crippen molar-refractivity contribution in [1.82, 2.24) is 0 Å². The van der Waals surface area contributed by atoms with Gasteiger partial charge in [0.15, 0.2) is 5.79 Å². The van der Waals surface area contributed by atoms with Crippen LogP contribution in [0.3, 0.4) is 0 Å². The first kappa shape index (κ1) is 19.1. The number of aliphatic hydroxyl groups excluding tert-OH is 2. The van der Waals surface area contributed by atoms with Crippen molar-refractivity contribution in [1.29, 1.82) is 0 Å². The number of hydrogen-bond acceptors (Lipinski definition) is 5. The van der Waals surface area contributed by atoms with Gasteiger partial charge in [-0.05, 0) is 30.3 Å². The highest BCUT2D eigenvalue weighted by molar-refractivity contribution is 5.66. The van der Waals surface area contributed by atoms with Crippen LogP contribution in [0.2, 0.25) is 0 Å². The number of rotatable bonds is 7. The first-order valence-corrected chi connectivity index (χ1v) is 8.62. The highest BCUT2D eigenvalue weighted by atomic mass is 16.5. The van der Waals surface area contributed by atoms with E-state index in [1.165, 1.54) is 0 Å². The molecule has 5 N–H and O–H groups in total. The van der Waals surface area contributed by atoms with Gasteiger partial charge in [-0.25, -0.2) is 0 Å². The maximum Gasteiger partial charge on any atom is 0.303 e. The topological polar surface area (TPSA) is 118 Å². The van der Waals surface area contributed by atoms with Crippen molar-refractivity contribution in [2.45, 2.75) is 63.4 Å². The van der Waals surface area contributed by atoms with Crippen LogP contribution in [0.1, 0.15) is 45.4 Å². The minimum atomic E-state index is -1.89. The summed E-state index contributed by atoms with van der Waals surface area (Å²) in [6.45, 7) is 2.04. The molecule has 0 aromatic rings. The molecule has 0 saturated carbocycles. The van der Waals surface area contributed by atoms with Crippen LogP contribution < -0.4 is 0 Å². The van der Waals surface area contributed by atoms with E-state index in [4.69, 9.17) is 5.11 Å². The van der Waals surface area contributed by atoms with Gasteiger partial charge < -0.3 is 25.5 Å². The molecule has 2 rings (SSSR count). The number of aliphatic hydroxyl groups is 4. The second-order valence-electron chi connectivity index (χ2n) is 7.21. The largest absolute Gasteiger partial charge is 0.481 e. The van der Waals surface area contributed by atoms with Gasteiger partial charge in [-0.15, -0.1) is 0 Å². The summed E-state index contributed by atoms with van der Waals surface area (Å²) in [6.07, 6.45) is 5.54. The molecule has 5 atom stereocenters. The minimum absolute atomic E-state index is 0.0187. The van der Waals surface area contributed by atoms with Crippen LogP contribution in [-0.2, 0) is 4.79 Å². The second kappa shape index (κ2) is 7.78. The Morgan fingerprint density at radius 2 is 2.00 bits per heavy atom. The van der Waals surface area contributed by atoms with Gasteiger partial charge in [0.05, 0.1) is 12.2 Å². The lowest BCUT2D eigenvalue weighted by molar-refractivity contribution is -0.175. The molecule has 6 heteroatoms. The molecule has 0 aromatic carbocycles. The van der Waals surface area contributed by atoms with Crippen molar-refractivity contribution >= 4 is 5.97 Å². The third-order valence-electron chi connectivity index (χ3n) is 5.24. The zero-order chi connectivity index (χ0) is 17.9. The van der Waals surface area contributed by atoms with Crippen LogP contribution in [0.5, 0.6) is 0 Å². The number of carboxylic acids is 1. The van der Waals surface area contributed by atoms with E-state index in [1.807, 2.05) is 19.1 Å². The molecule has 2 aliphatic carbocycles. The molecule has 0 fully saturated rings. The molecule has 24 heavy (non-hydrogen) atoms. The molecule has 0 unspecified atom stereocenters. The van der Waals surface area contributed by atoms with Crippen LogP contribution >= 0.6 is 0 Å². The van der Waals surface area contributed by atoms with Crippen molar-refractivity contribution in [3.05, 3.63) is 23.8 Å². The SMILES string of the molecule is C[C@@H]1C=CC2=C[C@@H](O)C[C@H](O)[C@@H]2[C@H]1CCC(O)(O)CCCC(=O)O. The Morgan fingerprint density at radius 3 is 2.67 bits per heavy atom. The van der Waals surface area contributed by atoms with Gasteiger partial charge in [0.25, 0.3) is 0 Å². The Morgan fingerprint density at radius 1 is 1.29 bits per heavy atom. The molecule has 0 bridgehead atoms. The first-order valence-electron chi connectivity index (χ1n) is 8.62. The van der Waals surface area contributed by atoms with Gasteiger partial charge in [0, 0.05) is 31.6 Å². The third kappa shape index (κ3) is 4.89. The summed E-state index contributed by atoms with van der Waals surface area (Å²) in [5, 5.41) is 48.9. The van der Waals surface area contributed by atoms with Crippen LogP contribution in [0.4, 0.5) is 0 Å². The Bertz CT molecular complexity index is 510. The van der Waals surface area contributed by atoms with Gasteiger partial charge in [0.2, 0.25) is 0 Å². The number of carboxylic acid groups (broad SMARTS) is 1. The molecule has 0 aromatic heterocycles. The van der Waals surface area contributed by atoms with Crippen molar-refractivity contribution in [3.8, 4) is 0 Å². The van der Waals surface area contributed by atoms with Gasteiger partial charge in [-0.2, -0.15) is 0 Å². The molecule has 2 aliphatic rings. The molecule has 0 aliphatic heterocycles. The van der Waals surface area contributed by atoms with E-state index in [9.17, 15) is 25.2 Å². The summed E-state index contributed by atoms with van der Waals surface area (Å²) in [6, 6.07) is 0. The number of hydrogen-bond donors (Lipinski definition) is 5. The molecule has 0 spiro atoms. The van der Waals surface area contributed by atoms with E-state index in [0.29, 0.717) is 12.8 Å². The monoisotopic (exact) mass is 340 g/mol. The Kier molecular flexibility index (Phi) is 6.20. The predicted molar refractivity (Wildman–Crippen MR) is 87.9 cm³/mol. The van der Waals surface area contributed by atoms with E-state index in [1.54, 1.807) is 6.08 Å². The normalized spacial score (nSPS) is 33.0. The standard InChI is InChI=1S/C18H28O6/c1-11-4-5-12-9-13(19)10-15(20)17(12)14(11)6-8-18(23,24)7-2-3-16(21)22/h4-5,9,11,13-15,17,19-20,23-24H,2-3,6-8,10H2,1H3,(H,21,22)/t11-,13-,14+,15+,17+/m1/s1. The summed E-state index contributed by atoms with van der Waals surface area (Å²) in [4.78, 5) is 10.5. The van der Waals surface area contributed by atoms with Gasteiger partial charge >= 0.3 is 5.97 Å². The Hall–Kier alpha value is -1.21. The first-order chi connectivity index (χ1) is 11.2. The number of carbonyl (C=O) groups is 1. The van der Waals surface area contributed by atoms with E-state index in [2.05, 4.69) is 0 Å². The smallest absolute Gasteiger partial charge is 0.303 e. The summed E-state index contributed by atoms with van der Waals surface area (Å²) in [5.41, 5.74) is 0.914. The highest BCUT2D eigenvalue weighted by Gasteiger charge is 2.40. The maximum atomic E-state index is 10.5. The van der Waals surface area contributed by atoms with E-state index in [-0.39, 0.29) is 43.4 Å². The molecule has 0 heterocycles. The highest BCUT2D eigenvalue weighted by Crippen LogP contribution is 2.43. The fourth-order valence-electron chi connectivity index (χ4n) is 3.94. The molecule has 0 saturated heterocycles. The number of allylic oxidation sites excluding steroid dienone is 2. The molecular formula is C18H28O6. The fourth-order valence-corrected chi connectivity index (χ4v) is 3.94. The van der Waals surface area contributed by atoms with Gasteiger partial charge in [-0.1, -0.05) is 25.2 Å². The Balaban J connectivity index is 1.99. The van der Waals surface area contributed by atoms with Crippen LogP contribution in [0.25, 0.3) is 0 Å².